The fourth-order valence-electron chi connectivity index (χ4n) is 3.54. The quantitative estimate of drug-likeness (QED) is 0.833. The topological polar surface area (TPSA) is 38.0 Å². The zero-order valence-electron chi connectivity index (χ0n) is 13.5. The van der Waals surface area contributed by atoms with Crippen molar-refractivity contribution >= 4 is 0 Å². The van der Waals surface area contributed by atoms with Crippen molar-refractivity contribution in [2.75, 3.05) is 6.54 Å². The summed E-state index contributed by atoms with van der Waals surface area (Å²) < 4.78 is 0. The summed E-state index contributed by atoms with van der Waals surface area (Å²) >= 11 is 0. The lowest BCUT2D eigenvalue weighted by Crippen LogP contribution is -2.19. The second-order valence-corrected chi connectivity index (χ2v) is 6.22. The van der Waals surface area contributed by atoms with Gasteiger partial charge in [-0.2, -0.15) is 0 Å². The van der Waals surface area contributed by atoms with Crippen molar-refractivity contribution in [3.05, 3.63) is 70.8 Å². The fourth-order valence-corrected chi connectivity index (χ4v) is 3.54. The van der Waals surface area contributed by atoms with Gasteiger partial charge in [-0.1, -0.05) is 54.5 Å². The molecular formula is C21H24N2. The molecule has 0 aromatic heterocycles. The highest BCUT2D eigenvalue weighted by atomic mass is 14.9. The van der Waals surface area contributed by atoms with Gasteiger partial charge in [0.05, 0.1) is 6.54 Å². The maximum Gasteiger partial charge on any atom is 0.0578 e. The van der Waals surface area contributed by atoms with Crippen LogP contribution in [0.15, 0.2) is 48.5 Å². The van der Waals surface area contributed by atoms with Gasteiger partial charge in [-0.3, -0.25) is 5.32 Å². The van der Waals surface area contributed by atoms with Crippen molar-refractivity contribution in [2.24, 2.45) is 5.73 Å². The highest BCUT2D eigenvalue weighted by Crippen LogP contribution is 2.30. The number of terminal acetylenes is 1. The van der Waals surface area contributed by atoms with E-state index >= 15 is 0 Å². The number of benzene rings is 2. The van der Waals surface area contributed by atoms with Gasteiger partial charge in [0, 0.05) is 12.1 Å². The van der Waals surface area contributed by atoms with Crippen molar-refractivity contribution < 1.29 is 0 Å². The molecule has 2 aliphatic rings. The first-order valence-electron chi connectivity index (χ1n) is 8.37. The number of fused-ring (bicyclic) bond motifs is 2. The van der Waals surface area contributed by atoms with Gasteiger partial charge in [-0.25, -0.2) is 0 Å². The summed E-state index contributed by atoms with van der Waals surface area (Å²) in [7, 11) is 0. The lowest BCUT2D eigenvalue weighted by atomic mass is 10.1. The van der Waals surface area contributed by atoms with Crippen LogP contribution < -0.4 is 11.1 Å². The first kappa shape index (κ1) is 15.8. The number of aryl methyl sites for hydroxylation is 2. The minimum Gasteiger partial charge on any atom is -0.324 e. The number of nitrogens with two attached hydrogens (primary N) is 1. The minimum atomic E-state index is 0.302. The summed E-state index contributed by atoms with van der Waals surface area (Å²) in [5, 5.41) is 3.35. The van der Waals surface area contributed by atoms with Crippen LogP contribution in [0.3, 0.4) is 0 Å². The second-order valence-electron chi connectivity index (χ2n) is 6.22. The summed E-state index contributed by atoms with van der Waals surface area (Å²) in [6.07, 6.45) is 9.86. The van der Waals surface area contributed by atoms with Crippen LogP contribution in [0, 0.1) is 12.3 Å². The van der Waals surface area contributed by atoms with E-state index in [0.29, 0.717) is 18.6 Å². The number of nitrogens with one attached hydrogen (secondary N) is 1. The van der Waals surface area contributed by atoms with Gasteiger partial charge in [0.15, 0.2) is 0 Å². The average molecular weight is 304 g/mol. The van der Waals surface area contributed by atoms with Crippen molar-refractivity contribution in [3.63, 3.8) is 0 Å². The molecule has 2 atom stereocenters. The van der Waals surface area contributed by atoms with Crippen LogP contribution in [0.1, 0.15) is 47.2 Å². The van der Waals surface area contributed by atoms with Gasteiger partial charge in [0.1, 0.15) is 0 Å². The molecule has 0 amide bonds. The summed E-state index contributed by atoms with van der Waals surface area (Å²) in [6.45, 7) is 0.666. The van der Waals surface area contributed by atoms with Crippen molar-refractivity contribution in [1.29, 1.82) is 0 Å². The Hall–Kier alpha value is -2.08. The summed E-state index contributed by atoms with van der Waals surface area (Å²) in [5.41, 5.74) is 11.5. The molecule has 0 saturated carbocycles. The Morgan fingerprint density at radius 1 is 0.957 bits per heavy atom. The van der Waals surface area contributed by atoms with Gasteiger partial charge in [0.2, 0.25) is 0 Å². The Labute approximate surface area is 139 Å². The molecule has 118 valence electrons. The highest BCUT2D eigenvalue weighted by molar-refractivity contribution is 5.34. The van der Waals surface area contributed by atoms with Crippen LogP contribution in [-0.2, 0) is 12.8 Å². The molecule has 0 saturated heterocycles. The Morgan fingerprint density at radius 3 is 2.26 bits per heavy atom. The molecule has 2 heteroatoms. The molecule has 2 aliphatic carbocycles. The molecule has 2 aromatic carbocycles. The molecule has 0 aliphatic heterocycles. The third kappa shape index (κ3) is 3.64. The van der Waals surface area contributed by atoms with Crippen molar-refractivity contribution in [2.45, 2.75) is 37.8 Å². The maximum atomic E-state index is 5.85. The SMILES string of the molecule is C#CCN[C@@H]1CCc2ccccc21.N[C@@H]1CCc2ccccc21. The summed E-state index contributed by atoms with van der Waals surface area (Å²) in [4.78, 5) is 0. The molecular weight excluding hydrogens is 280 g/mol. The summed E-state index contributed by atoms with van der Waals surface area (Å²) in [6, 6.07) is 17.8. The van der Waals surface area contributed by atoms with E-state index in [4.69, 9.17) is 12.2 Å². The molecule has 0 fully saturated rings. The van der Waals surface area contributed by atoms with E-state index in [9.17, 15) is 0 Å². The Kier molecular flexibility index (Phi) is 5.12. The minimum absolute atomic E-state index is 0.302. The number of hydrogen-bond donors (Lipinski definition) is 2. The largest absolute Gasteiger partial charge is 0.324 e. The van der Waals surface area contributed by atoms with E-state index in [0.717, 1.165) is 12.8 Å². The van der Waals surface area contributed by atoms with Crippen LogP contribution in [-0.4, -0.2) is 6.54 Å². The second kappa shape index (κ2) is 7.46. The third-order valence-corrected chi connectivity index (χ3v) is 4.76. The van der Waals surface area contributed by atoms with Crippen LogP contribution in [0.4, 0.5) is 0 Å². The standard InChI is InChI=1S/C12H13N.C9H11N/c1-2-9-13-12-8-7-10-5-3-4-6-11(10)12;10-9-6-5-7-3-1-2-4-8(7)9/h1,3-6,12-13H,7-9H2;1-4,9H,5-6,10H2/t12-;9-/m11/s1. The average Bonchev–Trinajstić information content (AvgIpc) is 3.18. The molecule has 2 aromatic rings. The molecule has 0 radical (unpaired) electrons. The van der Waals surface area contributed by atoms with Gasteiger partial charge < -0.3 is 5.73 Å². The van der Waals surface area contributed by atoms with Crippen molar-refractivity contribution in [1.82, 2.24) is 5.32 Å². The molecule has 0 spiro atoms. The number of hydrogen-bond acceptors (Lipinski definition) is 2. The van der Waals surface area contributed by atoms with Crippen LogP contribution in [0.5, 0.6) is 0 Å². The van der Waals surface area contributed by atoms with E-state index in [1.54, 1.807) is 0 Å². The first-order chi connectivity index (χ1) is 11.3. The highest BCUT2D eigenvalue weighted by Gasteiger charge is 2.20. The van der Waals surface area contributed by atoms with Crippen molar-refractivity contribution in [3.8, 4) is 12.3 Å². The predicted molar refractivity (Wildman–Crippen MR) is 96.0 cm³/mol. The molecule has 0 unspecified atom stereocenters. The first-order valence-corrected chi connectivity index (χ1v) is 8.37. The zero-order valence-corrected chi connectivity index (χ0v) is 13.5. The number of rotatable bonds is 2. The van der Waals surface area contributed by atoms with E-state index in [1.165, 1.54) is 35.1 Å². The lowest BCUT2D eigenvalue weighted by molar-refractivity contribution is 0.568. The third-order valence-electron chi connectivity index (χ3n) is 4.76. The van der Waals surface area contributed by atoms with Gasteiger partial charge in [-0.05, 0) is 47.9 Å². The van der Waals surface area contributed by atoms with Gasteiger partial charge in [-0.15, -0.1) is 6.42 Å². The fraction of sp³-hybridized carbons (Fsp3) is 0.333. The molecule has 0 bridgehead atoms. The Balaban J connectivity index is 0.000000140. The lowest BCUT2D eigenvalue weighted by Gasteiger charge is -2.10. The van der Waals surface area contributed by atoms with E-state index in [-0.39, 0.29) is 0 Å². The molecule has 3 N–H and O–H groups in total. The van der Waals surface area contributed by atoms with E-state index in [2.05, 4.69) is 59.8 Å². The van der Waals surface area contributed by atoms with Crippen LogP contribution in [0.2, 0.25) is 0 Å². The van der Waals surface area contributed by atoms with Crippen LogP contribution in [0.25, 0.3) is 0 Å². The maximum absolute atomic E-state index is 5.85. The Bertz CT molecular complexity index is 699. The molecule has 23 heavy (non-hydrogen) atoms. The molecule has 0 heterocycles. The Morgan fingerprint density at radius 2 is 1.57 bits per heavy atom. The van der Waals surface area contributed by atoms with Crippen LogP contribution >= 0.6 is 0 Å². The smallest absolute Gasteiger partial charge is 0.0578 e. The van der Waals surface area contributed by atoms with E-state index in [1.807, 2.05) is 0 Å². The van der Waals surface area contributed by atoms with Gasteiger partial charge in [0.25, 0.3) is 0 Å². The zero-order chi connectivity index (χ0) is 16.1. The van der Waals surface area contributed by atoms with Gasteiger partial charge >= 0.3 is 0 Å². The molecule has 2 nitrogen and oxygen atoms in total. The predicted octanol–water partition coefficient (Wildman–Crippen LogP) is 3.53. The summed E-state index contributed by atoms with van der Waals surface area (Å²) in [5.74, 6) is 2.61. The molecule has 4 rings (SSSR count). The monoisotopic (exact) mass is 304 g/mol. The van der Waals surface area contributed by atoms with E-state index < -0.39 is 0 Å². The normalized spacial score (nSPS) is 20.9.